The van der Waals surface area contributed by atoms with Crippen LogP contribution in [-0.2, 0) is 0 Å². The van der Waals surface area contributed by atoms with Gasteiger partial charge in [-0.15, -0.1) is 0 Å². The van der Waals surface area contributed by atoms with Crippen LogP contribution in [0.15, 0.2) is 51.8 Å². The van der Waals surface area contributed by atoms with Crippen molar-refractivity contribution < 1.29 is 8.81 Å². The molecule has 1 aliphatic carbocycles. The van der Waals surface area contributed by atoms with Gasteiger partial charge < -0.3 is 4.42 Å². The van der Waals surface area contributed by atoms with Gasteiger partial charge in [-0.05, 0) is 57.0 Å². The fraction of sp³-hybridized carbons (Fsp3) is 0.208. The van der Waals surface area contributed by atoms with E-state index >= 15 is 0 Å². The third-order valence-electron chi connectivity index (χ3n) is 5.79. The Morgan fingerprint density at radius 2 is 1.91 bits per heavy atom. The van der Waals surface area contributed by atoms with Gasteiger partial charge in [0.2, 0.25) is 5.89 Å². The first-order chi connectivity index (χ1) is 16.4. The molecule has 0 N–H and O–H groups in total. The van der Waals surface area contributed by atoms with Crippen molar-refractivity contribution in [2.24, 2.45) is 0 Å². The summed E-state index contributed by atoms with van der Waals surface area (Å²) in [6, 6.07) is 9.75. The maximum Gasteiger partial charge on any atom is 0.353 e. The first kappa shape index (κ1) is 20.7. The normalized spacial score (nSPS) is 13.6. The molecular formula is C24H18ClFN6O2. The number of aromatic nitrogens is 6. The number of aryl methyl sites for hydroxylation is 2. The highest BCUT2D eigenvalue weighted by atomic mass is 35.5. The van der Waals surface area contributed by atoms with Crippen molar-refractivity contribution >= 4 is 17.2 Å². The Labute approximate surface area is 197 Å². The van der Waals surface area contributed by atoms with Gasteiger partial charge in [0.1, 0.15) is 5.82 Å². The number of oxazole rings is 1. The largest absolute Gasteiger partial charge is 0.432 e. The second-order valence-electron chi connectivity index (χ2n) is 8.42. The molecule has 4 heterocycles. The molecule has 1 saturated carbocycles. The molecule has 0 bridgehead atoms. The number of hydrogen-bond acceptors (Lipinski definition) is 6. The highest BCUT2D eigenvalue weighted by molar-refractivity contribution is 6.30. The zero-order valence-electron chi connectivity index (χ0n) is 18.3. The van der Waals surface area contributed by atoms with Crippen LogP contribution in [0.3, 0.4) is 0 Å². The highest BCUT2D eigenvalue weighted by Gasteiger charge is 2.27. The summed E-state index contributed by atoms with van der Waals surface area (Å²) in [5.41, 5.74) is 3.48. The lowest BCUT2D eigenvalue weighted by Crippen LogP contribution is -2.22. The maximum absolute atomic E-state index is 14.3. The van der Waals surface area contributed by atoms with Crippen LogP contribution >= 0.6 is 11.6 Å². The van der Waals surface area contributed by atoms with Gasteiger partial charge >= 0.3 is 5.69 Å². The van der Waals surface area contributed by atoms with E-state index in [0.717, 1.165) is 29.9 Å². The molecule has 1 fully saturated rings. The molecule has 34 heavy (non-hydrogen) atoms. The molecule has 8 nitrogen and oxygen atoms in total. The number of rotatable bonds is 4. The molecule has 4 aromatic heterocycles. The summed E-state index contributed by atoms with van der Waals surface area (Å²) in [6.45, 7) is 3.83. The molecule has 1 aliphatic rings. The molecule has 0 spiro atoms. The van der Waals surface area contributed by atoms with Crippen molar-refractivity contribution in [1.82, 2.24) is 29.1 Å². The molecule has 0 atom stereocenters. The smallest absolute Gasteiger partial charge is 0.353 e. The van der Waals surface area contributed by atoms with Gasteiger partial charge in [-0.2, -0.15) is 15.1 Å². The fourth-order valence-electron chi connectivity index (χ4n) is 3.99. The van der Waals surface area contributed by atoms with Gasteiger partial charge in [-0.25, -0.2) is 23.3 Å². The molecule has 0 saturated heterocycles. The average Bonchev–Trinajstić information content (AvgIpc) is 3.41. The lowest BCUT2D eigenvalue weighted by Gasteiger charge is -2.05. The molecule has 170 valence electrons. The summed E-state index contributed by atoms with van der Waals surface area (Å²) in [6.07, 6.45) is 3.68. The molecule has 0 amide bonds. The Balaban J connectivity index is 1.55. The van der Waals surface area contributed by atoms with E-state index in [9.17, 15) is 9.18 Å². The summed E-state index contributed by atoms with van der Waals surface area (Å²) in [5, 5.41) is 4.55. The number of nitrogens with zero attached hydrogens (tertiary/aromatic N) is 6. The van der Waals surface area contributed by atoms with Crippen LogP contribution in [0.25, 0.3) is 34.4 Å². The van der Waals surface area contributed by atoms with Crippen molar-refractivity contribution in [3.8, 4) is 28.7 Å². The van der Waals surface area contributed by atoms with Crippen LogP contribution in [0, 0.1) is 19.7 Å². The molecule has 0 radical (unpaired) electrons. The Hall–Kier alpha value is -3.85. The van der Waals surface area contributed by atoms with E-state index < -0.39 is 11.5 Å². The minimum Gasteiger partial charge on any atom is -0.432 e. The predicted molar refractivity (Wildman–Crippen MR) is 124 cm³/mol. The van der Waals surface area contributed by atoms with Crippen molar-refractivity contribution in [3.63, 3.8) is 0 Å². The zero-order chi connectivity index (χ0) is 23.6. The minimum absolute atomic E-state index is 0.0186. The van der Waals surface area contributed by atoms with Crippen LogP contribution in [0.2, 0.25) is 5.02 Å². The summed E-state index contributed by atoms with van der Waals surface area (Å²) in [5.74, 6) is 0.278. The average molecular weight is 477 g/mol. The van der Waals surface area contributed by atoms with Crippen LogP contribution in [0.5, 0.6) is 0 Å². The molecular weight excluding hydrogens is 459 g/mol. The molecule has 5 aromatic rings. The highest BCUT2D eigenvalue weighted by Crippen LogP contribution is 2.38. The van der Waals surface area contributed by atoms with Gasteiger partial charge in [-0.3, -0.25) is 0 Å². The molecule has 6 rings (SSSR count). The van der Waals surface area contributed by atoms with E-state index in [0.29, 0.717) is 22.8 Å². The van der Waals surface area contributed by atoms with E-state index in [-0.39, 0.29) is 22.5 Å². The zero-order valence-corrected chi connectivity index (χ0v) is 19.0. The van der Waals surface area contributed by atoms with Crippen LogP contribution < -0.4 is 5.69 Å². The second-order valence-corrected chi connectivity index (χ2v) is 8.83. The fourth-order valence-corrected chi connectivity index (χ4v) is 4.10. The topological polar surface area (TPSA) is 91.1 Å². The van der Waals surface area contributed by atoms with Gasteiger partial charge in [0, 0.05) is 35.1 Å². The summed E-state index contributed by atoms with van der Waals surface area (Å²) in [7, 11) is 0. The number of fused-ring (bicyclic) bond motifs is 1. The first-order valence-electron chi connectivity index (χ1n) is 10.8. The minimum atomic E-state index is -0.611. The Morgan fingerprint density at radius 1 is 1.09 bits per heavy atom. The Kier molecular flexibility index (Phi) is 4.63. The van der Waals surface area contributed by atoms with E-state index in [1.54, 1.807) is 28.9 Å². The van der Waals surface area contributed by atoms with E-state index in [1.807, 2.05) is 19.9 Å². The standard InChI is InChI=1S/C24H18ClFN6O2/c1-12-9-13(2)32-20(27-12)11-19(30-32)23-29-22(21(34-23)15-5-6-16(25)17(26)10-15)31-8-7-18(14-3-4-14)28-24(31)33/h5-11,14H,3-4H2,1-2H3. The van der Waals surface area contributed by atoms with E-state index in [2.05, 4.69) is 20.1 Å². The SMILES string of the molecule is Cc1cc(C)n2nc(-c3nc(-n4ccc(C5CC5)nc4=O)c(-c4ccc(Cl)c(F)c4)o3)cc2n1. The summed E-state index contributed by atoms with van der Waals surface area (Å²) >= 11 is 5.87. The van der Waals surface area contributed by atoms with Crippen molar-refractivity contribution in [2.45, 2.75) is 32.6 Å². The van der Waals surface area contributed by atoms with Gasteiger partial charge in [0.25, 0.3) is 0 Å². The lowest BCUT2D eigenvalue weighted by molar-refractivity contribution is 0.582. The first-order valence-corrected chi connectivity index (χ1v) is 11.2. The Morgan fingerprint density at radius 3 is 2.65 bits per heavy atom. The number of benzene rings is 1. The van der Waals surface area contributed by atoms with Gasteiger partial charge in [-0.1, -0.05) is 11.6 Å². The van der Waals surface area contributed by atoms with Crippen molar-refractivity contribution in [1.29, 1.82) is 0 Å². The predicted octanol–water partition coefficient (Wildman–Crippen LogP) is 4.88. The molecule has 0 unspecified atom stereocenters. The summed E-state index contributed by atoms with van der Waals surface area (Å²) < 4.78 is 23.3. The lowest BCUT2D eigenvalue weighted by atomic mass is 10.1. The van der Waals surface area contributed by atoms with Gasteiger partial charge in [0.05, 0.1) is 10.7 Å². The van der Waals surface area contributed by atoms with Gasteiger partial charge in [0.15, 0.2) is 22.9 Å². The third kappa shape index (κ3) is 3.49. The van der Waals surface area contributed by atoms with Crippen molar-refractivity contribution in [3.05, 3.63) is 81.0 Å². The second kappa shape index (κ2) is 7.59. The monoisotopic (exact) mass is 476 g/mol. The van der Waals surface area contributed by atoms with Crippen LogP contribution in [0.4, 0.5) is 4.39 Å². The number of hydrogen-bond donors (Lipinski definition) is 0. The summed E-state index contributed by atoms with van der Waals surface area (Å²) in [4.78, 5) is 26.2. The number of halogens is 2. The molecule has 0 aliphatic heterocycles. The van der Waals surface area contributed by atoms with Crippen LogP contribution in [0.1, 0.15) is 35.8 Å². The quantitative estimate of drug-likeness (QED) is 0.367. The van der Waals surface area contributed by atoms with E-state index in [1.165, 1.54) is 16.7 Å². The molecule has 10 heteroatoms. The van der Waals surface area contributed by atoms with Crippen molar-refractivity contribution in [2.75, 3.05) is 0 Å². The maximum atomic E-state index is 14.3. The third-order valence-corrected chi connectivity index (χ3v) is 6.10. The Bertz CT molecular complexity index is 1650. The molecule has 1 aromatic carbocycles. The van der Waals surface area contributed by atoms with Crippen LogP contribution in [-0.4, -0.2) is 29.1 Å². The van der Waals surface area contributed by atoms with E-state index in [4.69, 9.17) is 16.0 Å².